The molecule has 0 atom stereocenters. The molecule has 0 radical (unpaired) electrons. The molecule has 5 heteroatoms. The van der Waals surface area contributed by atoms with E-state index < -0.39 is 5.82 Å². The number of rotatable bonds is 3. The van der Waals surface area contributed by atoms with E-state index in [1.165, 1.54) is 30.4 Å². The molecule has 0 spiro atoms. The Morgan fingerprint density at radius 3 is 3.00 bits per heavy atom. The maximum Gasteiger partial charge on any atom is 0.270 e. The van der Waals surface area contributed by atoms with Crippen LogP contribution < -0.4 is 4.74 Å². The van der Waals surface area contributed by atoms with Crippen LogP contribution in [0.3, 0.4) is 0 Å². The Hall–Kier alpha value is -1.88. The smallest absolute Gasteiger partial charge is 0.270 e. The average Bonchev–Trinajstić information content (AvgIpc) is 2.90. The molecular weight excluding hydrogens is 237 g/mol. The van der Waals surface area contributed by atoms with Gasteiger partial charge in [0, 0.05) is 6.08 Å². The van der Waals surface area contributed by atoms with Crippen LogP contribution in [0.2, 0.25) is 0 Å². The first-order valence-corrected chi connectivity index (χ1v) is 5.67. The maximum atomic E-state index is 13.4. The van der Waals surface area contributed by atoms with Crippen molar-refractivity contribution in [1.29, 1.82) is 0 Å². The summed E-state index contributed by atoms with van der Waals surface area (Å²) in [5, 5.41) is 1.30. The van der Waals surface area contributed by atoms with E-state index in [-0.39, 0.29) is 11.7 Å². The number of nitrogens with zero attached hydrogens (tertiary/aromatic N) is 1. The van der Waals surface area contributed by atoms with Crippen LogP contribution in [0, 0.1) is 5.82 Å². The summed E-state index contributed by atoms with van der Waals surface area (Å²) >= 11 is 0. The lowest BCUT2D eigenvalue weighted by Gasteiger charge is -2.10. The molecule has 0 saturated carbocycles. The lowest BCUT2D eigenvalue weighted by atomic mass is 10.2. The van der Waals surface area contributed by atoms with E-state index in [1.54, 1.807) is 12.1 Å². The molecule has 0 N–H and O–H groups in total. The maximum absolute atomic E-state index is 13.4. The van der Waals surface area contributed by atoms with E-state index >= 15 is 0 Å². The summed E-state index contributed by atoms with van der Waals surface area (Å²) in [6.07, 6.45) is 3.76. The van der Waals surface area contributed by atoms with Crippen LogP contribution in [0.15, 0.2) is 24.3 Å². The highest BCUT2D eigenvalue weighted by Crippen LogP contribution is 2.18. The SMILES string of the molecule is COc1ccc(/C=C/C(=O)N2CCCO2)cc1F. The number of methoxy groups -OCH3 is 1. The zero-order valence-electron chi connectivity index (χ0n) is 10.1. The molecule has 0 unspecified atom stereocenters. The third kappa shape index (κ3) is 2.87. The topological polar surface area (TPSA) is 38.8 Å². The molecule has 18 heavy (non-hydrogen) atoms. The van der Waals surface area contributed by atoms with Crippen molar-refractivity contribution in [3.63, 3.8) is 0 Å². The van der Waals surface area contributed by atoms with Crippen LogP contribution in [0.4, 0.5) is 4.39 Å². The molecule has 1 heterocycles. The monoisotopic (exact) mass is 251 g/mol. The molecule has 1 fully saturated rings. The molecule has 1 aliphatic rings. The minimum absolute atomic E-state index is 0.182. The van der Waals surface area contributed by atoms with E-state index in [1.807, 2.05) is 0 Å². The molecule has 0 bridgehead atoms. The number of hydrogen-bond acceptors (Lipinski definition) is 3. The molecule has 4 nitrogen and oxygen atoms in total. The molecule has 1 amide bonds. The van der Waals surface area contributed by atoms with Crippen LogP contribution in [0.1, 0.15) is 12.0 Å². The summed E-state index contributed by atoms with van der Waals surface area (Å²) in [5.74, 6) is -0.505. The minimum Gasteiger partial charge on any atom is -0.494 e. The van der Waals surface area contributed by atoms with Crippen molar-refractivity contribution >= 4 is 12.0 Å². The summed E-state index contributed by atoms with van der Waals surface area (Å²) in [4.78, 5) is 16.7. The van der Waals surface area contributed by atoms with Gasteiger partial charge in [0.2, 0.25) is 0 Å². The summed E-state index contributed by atoms with van der Waals surface area (Å²) in [6.45, 7) is 1.16. The van der Waals surface area contributed by atoms with Gasteiger partial charge < -0.3 is 4.74 Å². The highest BCUT2D eigenvalue weighted by Gasteiger charge is 2.16. The second kappa shape index (κ2) is 5.64. The largest absolute Gasteiger partial charge is 0.494 e. The number of amides is 1. The fraction of sp³-hybridized carbons (Fsp3) is 0.308. The number of hydroxylamine groups is 2. The first kappa shape index (κ1) is 12.6. The highest BCUT2D eigenvalue weighted by atomic mass is 19.1. The lowest BCUT2D eigenvalue weighted by Crippen LogP contribution is -2.24. The summed E-state index contributed by atoms with van der Waals surface area (Å²) < 4.78 is 18.2. The van der Waals surface area contributed by atoms with Gasteiger partial charge in [-0.2, -0.15) is 0 Å². The Balaban J connectivity index is 2.04. The molecule has 2 rings (SSSR count). The first-order valence-electron chi connectivity index (χ1n) is 5.67. The molecule has 1 aliphatic heterocycles. The average molecular weight is 251 g/mol. The number of halogens is 1. The van der Waals surface area contributed by atoms with Gasteiger partial charge in [-0.05, 0) is 30.2 Å². The number of carbonyl (C=O) groups is 1. The van der Waals surface area contributed by atoms with Crippen LogP contribution in [0.5, 0.6) is 5.75 Å². The number of carbonyl (C=O) groups excluding carboxylic acids is 1. The summed E-state index contributed by atoms with van der Waals surface area (Å²) in [6, 6.07) is 4.51. The zero-order chi connectivity index (χ0) is 13.0. The molecule has 1 aromatic rings. The quantitative estimate of drug-likeness (QED) is 0.771. The van der Waals surface area contributed by atoms with Gasteiger partial charge in [-0.25, -0.2) is 9.45 Å². The van der Waals surface area contributed by atoms with E-state index in [0.717, 1.165) is 6.42 Å². The predicted octanol–water partition coefficient (Wildman–Crippen LogP) is 2.01. The van der Waals surface area contributed by atoms with Crippen molar-refractivity contribution in [1.82, 2.24) is 5.06 Å². The number of ether oxygens (including phenoxy) is 1. The van der Waals surface area contributed by atoms with Crippen LogP contribution in [-0.4, -0.2) is 31.2 Å². The highest BCUT2D eigenvalue weighted by molar-refractivity contribution is 5.91. The number of benzene rings is 1. The molecular formula is C13H14FNO3. The Kier molecular flexibility index (Phi) is 3.94. The third-order valence-corrected chi connectivity index (χ3v) is 2.59. The minimum atomic E-state index is -0.454. The van der Waals surface area contributed by atoms with Gasteiger partial charge in [-0.1, -0.05) is 6.07 Å². The van der Waals surface area contributed by atoms with Crippen molar-refractivity contribution in [2.45, 2.75) is 6.42 Å². The van der Waals surface area contributed by atoms with Crippen molar-refractivity contribution in [2.75, 3.05) is 20.3 Å². The zero-order valence-corrected chi connectivity index (χ0v) is 10.1. The Morgan fingerprint density at radius 2 is 2.39 bits per heavy atom. The first-order chi connectivity index (χ1) is 8.70. The van der Waals surface area contributed by atoms with Gasteiger partial charge in [0.25, 0.3) is 5.91 Å². The fourth-order valence-corrected chi connectivity index (χ4v) is 1.66. The standard InChI is InChI=1S/C13H14FNO3/c1-17-12-5-3-10(9-11(12)14)4-6-13(16)15-7-2-8-18-15/h3-6,9H,2,7-8H2,1H3/b6-4+. The second-order valence-electron chi connectivity index (χ2n) is 3.85. The predicted molar refractivity (Wildman–Crippen MR) is 64.3 cm³/mol. The van der Waals surface area contributed by atoms with Crippen LogP contribution in [0.25, 0.3) is 6.08 Å². The normalized spacial score (nSPS) is 15.3. The molecule has 0 aromatic heterocycles. The molecule has 96 valence electrons. The van der Waals surface area contributed by atoms with Gasteiger partial charge in [0.15, 0.2) is 11.6 Å². The van der Waals surface area contributed by atoms with Crippen molar-refractivity contribution < 1.29 is 18.8 Å². The van der Waals surface area contributed by atoms with Gasteiger partial charge in [0.1, 0.15) is 0 Å². The second-order valence-corrected chi connectivity index (χ2v) is 3.85. The van der Waals surface area contributed by atoms with Crippen molar-refractivity contribution in [2.24, 2.45) is 0 Å². The van der Waals surface area contributed by atoms with Gasteiger partial charge in [-0.3, -0.25) is 9.63 Å². The lowest BCUT2D eigenvalue weighted by molar-refractivity contribution is -0.162. The van der Waals surface area contributed by atoms with Crippen molar-refractivity contribution in [3.8, 4) is 5.75 Å². The molecule has 1 saturated heterocycles. The van der Waals surface area contributed by atoms with E-state index in [0.29, 0.717) is 18.7 Å². The third-order valence-electron chi connectivity index (χ3n) is 2.59. The van der Waals surface area contributed by atoms with E-state index in [4.69, 9.17) is 9.57 Å². The van der Waals surface area contributed by atoms with Gasteiger partial charge >= 0.3 is 0 Å². The van der Waals surface area contributed by atoms with Crippen LogP contribution >= 0.6 is 0 Å². The van der Waals surface area contributed by atoms with Gasteiger partial charge in [-0.15, -0.1) is 0 Å². The molecule has 0 aliphatic carbocycles. The van der Waals surface area contributed by atoms with E-state index in [9.17, 15) is 9.18 Å². The van der Waals surface area contributed by atoms with Crippen molar-refractivity contribution in [3.05, 3.63) is 35.7 Å². The van der Waals surface area contributed by atoms with Gasteiger partial charge in [0.05, 0.1) is 20.3 Å². The summed E-state index contributed by atoms with van der Waals surface area (Å²) in [7, 11) is 1.40. The molecule has 1 aromatic carbocycles. The summed E-state index contributed by atoms with van der Waals surface area (Å²) in [5.41, 5.74) is 0.598. The fourth-order valence-electron chi connectivity index (χ4n) is 1.66. The van der Waals surface area contributed by atoms with E-state index in [2.05, 4.69) is 0 Å². The van der Waals surface area contributed by atoms with Crippen LogP contribution in [-0.2, 0) is 9.63 Å². The Labute approximate surface area is 105 Å². The Morgan fingerprint density at radius 1 is 1.56 bits per heavy atom. The Bertz CT molecular complexity index is 467. The number of hydrogen-bond donors (Lipinski definition) is 0.